The van der Waals surface area contributed by atoms with Crippen LogP contribution in [0.1, 0.15) is 10.4 Å². The molecule has 1 amide bonds. The van der Waals surface area contributed by atoms with E-state index in [1.54, 1.807) is 0 Å². The van der Waals surface area contributed by atoms with Crippen molar-refractivity contribution in [2.45, 2.75) is 0 Å². The largest absolute Gasteiger partial charge is 0.316 e. The Labute approximate surface area is 81.7 Å². The van der Waals surface area contributed by atoms with Crippen LogP contribution in [0.2, 0.25) is 5.02 Å². The molecule has 6 heteroatoms. The molecule has 0 aliphatic carbocycles. The smallest absolute Gasteiger partial charge is 0.297 e. The number of amides is 1. The van der Waals surface area contributed by atoms with Crippen LogP contribution >= 0.6 is 11.6 Å². The minimum Gasteiger partial charge on any atom is -0.316 e. The maximum absolute atomic E-state index is 13.2. The number of Topliss-reactive ketones (excluding diaryl/α,β-unsaturated/α-hetero) is 1. The zero-order chi connectivity index (χ0) is 10.5. The predicted molar refractivity (Wildman–Crippen MR) is 44.3 cm³/mol. The third kappa shape index (κ3) is 1.02. The minimum atomic E-state index is -1.11. The van der Waals surface area contributed by atoms with Gasteiger partial charge in [0.1, 0.15) is 5.82 Å². The number of anilines is 1. The first-order chi connectivity index (χ1) is 6.52. The van der Waals surface area contributed by atoms with Gasteiger partial charge in [0.2, 0.25) is 0 Å². The van der Waals surface area contributed by atoms with Crippen LogP contribution in [0.5, 0.6) is 0 Å². The molecule has 1 aliphatic heterocycles. The van der Waals surface area contributed by atoms with Gasteiger partial charge in [-0.2, -0.15) is 0 Å². The molecule has 14 heavy (non-hydrogen) atoms. The van der Waals surface area contributed by atoms with Crippen LogP contribution in [-0.2, 0) is 4.79 Å². The average molecular weight is 218 g/mol. The minimum absolute atomic E-state index is 0.443. The second-order valence-electron chi connectivity index (χ2n) is 2.69. The second kappa shape index (κ2) is 2.75. The zero-order valence-electron chi connectivity index (χ0n) is 6.53. The molecule has 0 fully saturated rings. The normalized spacial score (nSPS) is 14.2. The number of fused-ring (bicyclic) bond motifs is 1. The molecule has 2 rings (SSSR count). The Morgan fingerprint density at radius 3 is 2.57 bits per heavy atom. The zero-order valence-corrected chi connectivity index (χ0v) is 7.28. The topological polar surface area (TPSA) is 46.2 Å². The van der Waals surface area contributed by atoms with Crippen LogP contribution < -0.4 is 5.32 Å². The van der Waals surface area contributed by atoms with E-state index >= 15 is 0 Å². The summed E-state index contributed by atoms with van der Waals surface area (Å²) in [7, 11) is 0. The Morgan fingerprint density at radius 2 is 1.93 bits per heavy atom. The van der Waals surface area contributed by atoms with E-state index in [0.717, 1.165) is 0 Å². The molecule has 1 aromatic rings. The van der Waals surface area contributed by atoms with Crippen molar-refractivity contribution in [1.82, 2.24) is 0 Å². The Morgan fingerprint density at radius 1 is 1.29 bits per heavy atom. The van der Waals surface area contributed by atoms with Gasteiger partial charge in [0.05, 0.1) is 16.3 Å². The van der Waals surface area contributed by atoms with Crippen LogP contribution in [0.15, 0.2) is 6.07 Å². The molecule has 0 unspecified atom stereocenters. The summed E-state index contributed by atoms with van der Waals surface area (Å²) in [4.78, 5) is 21.9. The lowest BCUT2D eigenvalue weighted by molar-refractivity contribution is -0.112. The van der Waals surface area contributed by atoms with Crippen molar-refractivity contribution in [3.8, 4) is 0 Å². The summed E-state index contributed by atoms with van der Waals surface area (Å²) in [6.07, 6.45) is 0. The SMILES string of the molecule is O=C1Nc2c(F)cc(Cl)c(F)c2C1=O. The van der Waals surface area contributed by atoms with E-state index < -0.39 is 39.6 Å². The Kier molecular flexibility index (Phi) is 1.78. The molecule has 0 radical (unpaired) electrons. The van der Waals surface area contributed by atoms with Crippen molar-refractivity contribution >= 4 is 29.0 Å². The van der Waals surface area contributed by atoms with Crippen molar-refractivity contribution in [3.63, 3.8) is 0 Å². The maximum atomic E-state index is 13.2. The first kappa shape index (κ1) is 9.08. The van der Waals surface area contributed by atoms with Crippen molar-refractivity contribution in [2.24, 2.45) is 0 Å². The number of hydrogen-bond donors (Lipinski definition) is 1. The van der Waals surface area contributed by atoms with Gasteiger partial charge in [-0.3, -0.25) is 9.59 Å². The summed E-state index contributed by atoms with van der Waals surface area (Å²) in [5.41, 5.74) is -1.07. The van der Waals surface area contributed by atoms with Gasteiger partial charge in [0.25, 0.3) is 11.7 Å². The van der Waals surface area contributed by atoms with Gasteiger partial charge in [-0.1, -0.05) is 11.6 Å². The number of benzene rings is 1. The van der Waals surface area contributed by atoms with Gasteiger partial charge >= 0.3 is 0 Å². The van der Waals surface area contributed by atoms with Gasteiger partial charge in [-0.15, -0.1) is 0 Å². The third-order valence-electron chi connectivity index (χ3n) is 1.84. The van der Waals surface area contributed by atoms with Gasteiger partial charge in [-0.05, 0) is 6.07 Å². The van der Waals surface area contributed by atoms with Crippen LogP contribution in [0, 0.1) is 11.6 Å². The van der Waals surface area contributed by atoms with Crippen molar-refractivity contribution < 1.29 is 18.4 Å². The number of nitrogens with one attached hydrogen (secondary N) is 1. The van der Waals surface area contributed by atoms with Crippen molar-refractivity contribution in [3.05, 3.63) is 28.3 Å². The van der Waals surface area contributed by atoms with Crippen LogP contribution in [0.4, 0.5) is 14.5 Å². The van der Waals surface area contributed by atoms with Crippen molar-refractivity contribution in [2.75, 3.05) is 5.32 Å². The molecule has 1 N–H and O–H groups in total. The van der Waals surface area contributed by atoms with Crippen LogP contribution in [0.3, 0.4) is 0 Å². The fourth-order valence-electron chi connectivity index (χ4n) is 1.21. The first-order valence-electron chi connectivity index (χ1n) is 3.55. The number of rotatable bonds is 0. The van der Waals surface area contributed by atoms with E-state index in [2.05, 4.69) is 0 Å². The molecular formula is C8H2ClF2NO2. The molecule has 0 bridgehead atoms. The fourth-order valence-corrected chi connectivity index (χ4v) is 1.40. The van der Waals surface area contributed by atoms with E-state index in [1.807, 2.05) is 5.32 Å². The van der Waals surface area contributed by atoms with Gasteiger partial charge in [-0.25, -0.2) is 8.78 Å². The quantitative estimate of drug-likeness (QED) is 0.532. The molecule has 3 nitrogen and oxygen atoms in total. The van der Waals surface area contributed by atoms with Gasteiger partial charge < -0.3 is 5.32 Å². The van der Waals surface area contributed by atoms with E-state index in [9.17, 15) is 18.4 Å². The second-order valence-corrected chi connectivity index (χ2v) is 3.09. The molecule has 1 heterocycles. The number of hydrogen-bond acceptors (Lipinski definition) is 2. The highest BCUT2D eigenvalue weighted by atomic mass is 35.5. The lowest BCUT2D eigenvalue weighted by Crippen LogP contribution is -2.13. The standard InChI is InChI=1S/C8H2ClF2NO2/c9-2-1-3(10)6-4(5(2)11)7(13)8(14)12-6/h1H,(H,12,13,14). The van der Waals surface area contributed by atoms with Gasteiger partial charge in [0.15, 0.2) is 5.82 Å². The molecule has 0 spiro atoms. The predicted octanol–water partition coefficient (Wildman–Crippen LogP) is 1.75. The lowest BCUT2D eigenvalue weighted by Gasteiger charge is -2.01. The summed E-state index contributed by atoms with van der Waals surface area (Å²) in [5.74, 6) is -4.17. The third-order valence-corrected chi connectivity index (χ3v) is 2.12. The molecule has 1 aromatic carbocycles. The lowest BCUT2D eigenvalue weighted by atomic mass is 10.1. The average Bonchev–Trinajstić information content (AvgIpc) is 2.41. The number of carbonyl (C=O) groups excluding carboxylic acids is 2. The van der Waals surface area contributed by atoms with E-state index in [-0.39, 0.29) is 0 Å². The Hall–Kier alpha value is -1.49. The maximum Gasteiger partial charge on any atom is 0.297 e. The highest BCUT2D eigenvalue weighted by Gasteiger charge is 2.34. The number of halogens is 3. The highest BCUT2D eigenvalue weighted by Crippen LogP contribution is 2.32. The number of ketones is 1. The molecule has 72 valence electrons. The van der Waals surface area contributed by atoms with E-state index in [1.165, 1.54) is 0 Å². The highest BCUT2D eigenvalue weighted by molar-refractivity contribution is 6.52. The Balaban J connectivity index is 2.80. The van der Waals surface area contributed by atoms with E-state index in [4.69, 9.17) is 11.6 Å². The van der Waals surface area contributed by atoms with Crippen molar-refractivity contribution in [1.29, 1.82) is 0 Å². The van der Waals surface area contributed by atoms with Crippen LogP contribution in [0.25, 0.3) is 0 Å². The first-order valence-corrected chi connectivity index (χ1v) is 3.93. The summed E-state index contributed by atoms with van der Waals surface area (Å²) in [6, 6.07) is 0.703. The summed E-state index contributed by atoms with van der Waals surface area (Å²) in [6.45, 7) is 0. The summed E-state index contributed by atoms with van der Waals surface area (Å²) in [5, 5.41) is 1.40. The molecule has 0 aromatic heterocycles. The molecule has 0 saturated carbocycles. The Bertz CT molecular complexity index is 473. The number of carbonyl (C=O) groups is 2. The molecule has 0 saturated heterocycles. The monoisotopic (exact) mass is 217 g/mol. The molecule has 0 atom stereocenters. The molecular weight excluding hydrogens is 216 g/mol. The van der Waals surface area contributed by atoms with E-state index in [0.29, 0.717) is 6.07 Å². The molecule has 1 aliphatic rings. The van der Waals surface area contributed by atoms with Gasteiger partial charge in [0, 0.05) is 0 Å². The van der Waals surface area contributed by atoms with Crippen LogP contribution in [-0.4, -0.2) is 11.7 Å². The fraction of sp³-hybridized carbons (Fsp3) is 0. The summed E-state index contributed by atoms with van der Waals surface area (Å²) >= 11 is 5.30. The summed E-state index contributed by atoms with van der Waals surface area (Å²) < 4.78 is 26.3.